The van der Waals surface area contributed by atoms with E-state index in [4.69, 9.17) is 4.74 Å². The quantitative estimate of drug-likeness (QED) is 0.186. The summed E-state index contributed by atoms with van der Waals surface area (Å²) in [4.78, 5) is 12.5. The first-order chi connectivity index (χ1) is 14.4. The first kappa shape index (κ1) is 30.4. The summed E-state index contributed by atoms with van der Waals surface area (Å²) in [6.07, 6.45) is 6.05. The monoisotopic (exact) mass is 471 g/mol. The second-order valence-corrected chi connectivity index (χ2v) is 11.3. The molecule has 0 saturated heterocycles. The third-order valence-electron chi connectivity index (χ3n) is 5.21. The van der Waals surface area contributed by atoms with Crippen molar-refractivity contribution in [2.75, 3.05) is 6.61 Å². The molecular weight excluding hydrogens is 427 g/mol. The number of alkyl halides is 3. The van der Waals surface area contributed by atoms with Gasteiger partial charge in [-0.2, -0.15) is 13.2 Å². The predicted molar refractivity (Wildman–Crippen MR) is 122 cm³/mol. The highest BCUT2D eigenvalue weighted by molar-refractivity contribution is 7.84. The fraction of sp³-hybridized carbons (Fsp3) is 0.957. The summed E-state index contributed by atoms with van der Waals surface area (Å²) in [6, 6.07) is -2.18. The average Bonchev–Trinajstić information content (AvgIpc) is 2.66. The van der Waals surface area contributed by atoms with Crippen LogP contribution in [0, 0.1) is 5.92 Å². The summed E-state index contributed by atoms with van der Waals surface area (Å²) in [5, 5.41) is 0. The van der Waals surface area contributed by atoms with Crippen molar-refractivity contribution in [1.29, 1.82) is 0 Å². The normalized spacial score (nSPS) is 15.5. The van der Waals surface area contributed by atoms with E-state index in [9.17, 15) is 22.2 Å². The fourth-order valence-corrected chi connectivity index (χ4v) is 4.07. The van der Waals surface area contributed by atoms with E-state index in [1.54, 1.807) is 20.8 Å². The number of ether oxygens (including phenoxy) is 1. The molecule has 0 aromatic carbocycles. The Hall–Kier alpha value is -0.630. The summed E-state index contributed by atoms with van der Waals surface area (Å²) in [5.41, 5.74) is 0. The van der Waals surface area contributed by atoms with Gasteiger partial charge in [-0.25, -0.2) is 8.93 Å². The van der Waals surface area contributed by atoms with Gasteiger partial charge in [-0.05, 0) is 33.6 Å². The molecule has 4 nitrogen and oxygen atoms in total. The molecule has 8 heteroatoms. The first-order valence-electron chi connectivity index (χ1n) is 11.9. The lowest BCUT2D eigenvalue weighted by Gasteiger charge is -2.30. The molecule has 0 spiro atoms. The Morgan fingerprint density at radius 3 is 1.81 bits per heavy atom. The standard InChI is InChI=1S/C23H44F3NO3S/c1-6-8-10-11-12-13-14-15-16-17-19(21(28)30-18-9-7-2)20(23(24,25)26)27-31(29)22(3,4)5/h19-20,27H,6-18H2,1-5H3/t19-,20-,31-/m1/s1. The van der Waals surface area contributed by atoms with Crippen molar-refractivity contribution < 1.29 is 26.9 Å². The SMILES string of the molecule is CCCCCCCCCCC[C@@H](C(=O)OCCCC)[C@@H](N[S@](=O)C(C)(C)C)C(F)(F)F. The number of halogens is 3. The molecule has 0 heterocycles. The summed E-state index contributed by atoms with van der Waals surface area (Å²) in [5.74, 6) is -2.25. The molecule has 3 atom stereocenters. The molecule has 1 N–H and O–H groups in total. The van der Waals surface area contributed by atoms with E-state index in [1.165, 1.54) is 25.7 Å². The minimum Gasteiger partial charge on any atom is -0.465 e. The van der Waals surface area contributed by atoms with Crippen LogP contribution in [-0.2, 0) is 20.5 Å². The van der Waals surface area contributed by atoms with Gasteiger partial charge in [-0.15, -0.1) is 0 Å². The summed E-state index contributed by atoms with van der Waals surface area (Å²) in [6.45, 7) is 8.98. The largest absolute Gasteiger partial charge is 0.465 e. The molecule has 0 aromatic heterocycles. The fourth-order valence-electron chi connectivity index (χ4n) is 3.19. The molecule has 186 valence electrons. The third kappa shape index (κ3) is 14.2. The van der Waals surface area contributed by atoms with Gasteiger partial charge < -0.3 is 4.74 Å². The van der Waals surface area contributed by atoms with E-state index in [0.717, 1.165) is 32.1 Å². The number of carbonyl (C=O) groups excluding carboxylic acids is 1. The van der Waals surface area contributed by atoms with Crippen LogP contribution in [0.15, 0.2) is 0 Å². The van der Waals surface area contributed by atoms with Gasteiger partial charge in [0.1, 0.15) is 6.04 Å². The van der Waals surface area contributed by atoms with E-state index in [1.807, 2.05) is 6.92 Å². The van der Waals surface area contributed by atoms with Crippen molar-refractivity contribution in [1.82, 2.24) is 4.72 Å². The second kappa shape index (κ2) is 16.1. The molecule has 0 aliphatic rings. The summed E-state index contributed by atoms with van der Waals surface area (Å²) < 4.78 is 60.4. The van der Waals surface area contributed by atoms with Crippen LogP contribution in [0.2, 0.25) is 0 Å². The molecule has 0 radical (unpaired) electrons. The molecule has 0 bridgehead atoms. The highest BCUT2D eigenvalue weighted by Gasteiger charge is 2.49. The van der Waals surface area contributed by atoms with E-state index in [0.29, 0.717) is 12.8 Å². The van der Waals surface area contributed by atoms with Crippen LogP contribution in [0.5, 0.6) is 0 Å². The average molecular weight is 472 g/mol. The molecule has 0 fully saturated rings. The van der Waals surface area contributed by atoms with Crippen LogP contribution in [0.4, 0.5) is 13.2 Å². The highest BCUT2D eigenvalue weighted by Crippen LogP contribution is 2.31. The molecule has 0 saturated carbocycles. The molecule has 0 aliphatic carbocycles. The number of carbonyl (C=O) groups is 1. The van der Waals surface area contributed by atoms with Crippen molar-refractivity contribution in [3.8, 4) is 0 Å². The van der Waals surface area contributed by atoms with Gasteiger partial charge in [0.05, 0.1) is 28.3 Å². The lowest BCUT2D eigenvalue weighted by molar-refractivity contribution is -0.179. The van der Waals surface area contributed by atoms with Crippen LogP contribution >= 0.6 is 0 Å². The Morgan fingerprint density at radius 2 is 1.35 bits per heavy atom. The van der Waals surface area contributed by atoms with Gasteiger partial charge in [0.25, 0.3) is 0 Å². The number of esters is 1. The molecule has 0 rings (SSSR count). The predicted octanol–water partition coefficient (Wildman–Crippen LogP) is 6.85. The van der Waals surface area contributed by atoms with Crippen LogP contribution in [0.3, 0.4) is 0 Å². The van der Waals surface area contributed by atoms with Crippen LogP contribution in [0.25, 0.3) is 0 Å². The third-order valence-corrected chi connectivity index (χ3v) is 6.79. The Bertz CT molecular complexity index is 507. The summed E-state index contributed by atoms with van der Waals surface area (Å²) in [7, 11) is -1.95. The second-order valence-electron chi connectivity index (χ2n) is 9.26. The lowest BCUT2D eigenvalue weighted by atomic mass is 9.93. The maximum Gasteiger partial charge on any atom is 0.405 e. The van der Waals surface area contributed by atoms with Crippen LogP contribution in [0.1, 0.15) is 112 Å². The zero-order valence-corrected chi connectivity index (χ0v) is 20.9. The van der Waals surface area contributed by atoms with Gasteiger partial charge in [-0.1, -0.05) is 78.1 Å². The van der Waals surface area contributed by atoms with Gasteiger partial charge in [0.15, 0.2) is 0 Å². The van der Waals surface area contributed by atoms with E-state index in [2.05, 4.69) is 11.6 Å². The lowest BCUT2D eigenvalue weighted by Crippen LogP contribution is -2.53. The zero-order chi connectivity index (χ0) is 23.9. The van der Waals surface area contributed by atoms with E-state index >= 15 is 0 Å². The maximum atomic E-state index is 13.8. The molecule has 31 heavy (non-hydrogen) atoms. The molecule has 0 aliphatic heterocycles. The molecule has 0 aromatic rings. The number of hydrogen-bond acceptors (Lipinski definition) is 3. The maximum absolute atomic E-state index is 13.8. The zero-order valence-electron chi connectivity index (χ0n) is 20.1. The first-order valence-corrected chi connectivity index (χ1v) is 13.0. The molecule has 0 amide bonds. The topological polar surface area (TPSA) is 55.4 Å². The van der Waals surface area contributed by atoms with Crippen molar-refractivity contribution in [3.63, 3.8) is 0 Å². The number of nitrogens with one attached hydrogen (secondary N) is 1. The minimum atomic E-state index is -4.70. The Labute approximate surface area is 190 Å². The van der Waals surface area contributed by atoms with Crippen molar-refractivity contribution in [2.24, 2.45) is 5.92 Å². The van der Waals surface area contributed by atoms with Crippen LogP contribution < -0.4 is 4.72 Å². The Balaban J connectivity index is 4.98. The highest BCUT2D eigenvalue weighted by atomic mass is 32.2. The Morgan fingerprint density at radius 1 is 0.871 bits per heavy atom. The van der Waals surface area contributed by atoms with Gasteiger partial charge >= 0.3 is 12.1 Å². The molecular formula is C23H44F3NO3S. The van der Waals surface area contributed by atoms with Gasteiger partial charge in [0.2, 0.25) is 0 Å². The van der Waals surface area contributed by atoms with Gasteiger partial charge in [-0.3, -0.25) is 4.79 Å². The summed E-state index contributed by atoms with van der Waals surface area (Å²) >= 11 is 0. The molecule has 0 unspecified atom stereocenters. The number of rotatable bonds is 17. The number of hydrogen-bond donors (Lipinski definition) is 1. The minimum absolute atomic E-state index is 0.0688. The van der Waals surface area contributed by atoms with E-state index < -0.39 is 39.8 Å². The van der Waals surface area contributed by atoms with Crippen molar-refractivity contribution in [2.45, 2.75) is 129 Å². The van der Waals surface area contributed by atoms with E-state index in [-0.39, 0.29) is 13.0 Å². The smallest absolute Gasteiger partial charge is 0.405 e. The number of unbranched alkanes of at least 4 members (excludes halogenated alkanes) is 9. The Kier molecular flexibility index (Phi) is 15.7. The van der Waals surface area contributed by atoms with Crippen LogP contribution in [-0.4, -0.2) is 33.8 Å². The van der Waals surface area contributed by atoms with Gasteiger partial charge in [0, 0.05) is 0 Å². The van der Waals surface area contributed by atoms with Crippen molar-refractivity contribution in [3.05, 3.63) is 0 Å². The van der Waals surface area contributed by atoms with Crippen molar-refractivity contribution >= 4 is 17.0 Å².